The highest BCUT2D eigenvalue weighted by Gasteiger charge is 2.03. The van der Waals surface area contributed by atoms with Crippen LogP contribution in [0.2, 0.25) is 5.02 Å². The normalized spacial score (nSPS) is 10.4. The Hall–Kier alpha value is -1.81. The third-order valence-electron chi connectivity index (χ3n) is 2.30. The van der Waals surface area contributed by atoms with Crippen molar-refractivity contribution >= 4 is 17.3 Å². The summed E-state index contributed by atoms with van der Waals surface area (Å²) in [6, 6.07) is 8.01. The van der Waals surface area contributed by atoms with Gasteiger partial charge in [0, 0.05) is 12.1 Å². The number of hydrogen-bond donors (Lipinski definition) is 1. The summed E-state index contributed by atoms with van der Waals surface area (Å²) in [6.07, 6.45) is 0. The van der Waals surface area contributed by atoms with Crippen LogP contribution >= 0.6 is 11.6 Å². The van der Waals surface area contributed by atoms with Crippen LogP contribution in [0.4, 0.5) is 14.5 Å². The lowest BCUT2D eigenvalue weighted by molar-refractivity contribution is 0.305. The van der Waals surface area contributed by atoms with Gasteiger partial charge in [0.05, 0.1) is 10.7 Å². The van der Waals surface area contributed by atoms with Crippen molar-refractivity contribution in [3.63, 3.8) is 0 Å². The number of ether oxygens (including phenoxy) is 1. The molecule has 2 aromatic rings. The van der Waals surface area contributed by atoms with Crippen LogP contribution in [0.5, 0.6) is 5.75 Å². The summed E-state index contributed by atoms with van der Waals surface area (Å²) < 4.78 is 31.2. The third kappa shape index (κ3) is 3.11. The fourth-order valence-corrected chi connectivity index (χ4v) is 1.59. The van der Waals surface area contributed by atoms with Gasteiger partial charge in [-0.05, 0) is 29.8 Å². The first-order valence-corrected chi connectivity index (χ1v) is 5.55. The average molecular weight is 270 g/mol. The number of rotatable bonds is 3. The first kappa shape index (κ1) is 12.6. The van der Waals surface area contributed by atoms with E-state index in [1.165, 1.54) is 12.1 Å². The minimum absolute atomic E-state index is 0.0513. The van der Waals surface area contributed by atoms with Crippen LogP contribution in [0.25, 0.3) is 0 Å². The minimum Gasteiger partial charge on any atom is -0.489 e. The molecular formula is C13H10ClF2NO. The van der Waals surface area contributed by atoms with Crippen LogP contribution in [0.3, 0.4) is 0 Å². The van der Waals surface area contributed by atoms with Gasteiger partial charge in [-0.3, -0.25) is 0 Å². The molecule has 0 aliphatic heterocycles. The standard InChI is InChI=1S/C13H10ClF2NO/c14-12-2-1-11(6-13(12)17)18-7-8-3-9(15)5-10(16)4-8/h1-6H,7,17H2. The van der Waals surface area contributed by atoms with Crippen LogP contribution in [-0.4, -0.2) is 0 Å². The zero-order valence-electron chi connectivity index (χ0n) is 9.29. The van der Waals surface area contributed by atoms with Crippen molar-refractivity contribution in [3.05, 3.63) is 58.6 Å². The summed E-state index contributed by atoms with van der Waals surface area (Å²) in [5, 5.41) is 0.430. The number of halogens is 3. The summed E-state index contributed by atoms with van der Waals surface area (Å²) in [4.78, 5) is 0. The largest absolute Gasteiger partial charge is 0.489 e. The first-order valence-electron chi connectivity index (χ1n) is 5.17. The number of nitrogen functional groups attached to an aromatic ring is 1. The number of nitrogens with two attached hydrogens (primary N) is 1. The monoisotopic (exact) mass is 269 g/mol. The predicted octanol–water partition coefficient (Wildman–Crippen LogP) is 3.78. The summed E-state index contributed by atoms with van der Waals surface area (Å²) >= 11 is 5.76. The van der Waals surface area contributed by atoms with E-state index in [9.17, 15) is 8.78 Å². The lowest BCUT2D eigenvalue weighted by Crippen LogP contribution is -1.98. The van der Waals surface area contributed by atoms with E-state index in [0.717, 1.165) is 6.07 Å². The molecule has 0 spiro atoms. The quantitative estimate of drug-likeness (QED) is 0.861. The molecule has 0 aliphatic rings. The van der Waals surface area contributed by atoms with Gasteiger partial charge in [-0.2, -0.15) is 0 Å². The lowest BCUT2D eigenvalue weighted by Gasteiger charge is -2.08. The van der Waals surface area contributed by atoms with E-state index in [2.05, 4.69) is 0 Å². The Kier molecular flexibility index (Phi) is 3.67. The molecule has 2 N–H and O–H groups in total. The number of benzene rings is 2. The van der Waals surface area contributed by atoms with E-state index in [1.54, 1.807) is 18.2 Å². The van der Waals surface area contributed by atoms with Gasteiger partial charge >= 0.3 is 0 Å². The van der Waals surface area contributed by atoms with Crippen LogP contribution in [0, 0.1) is 11.6 Å². The molecular weight excluding hydrogens is 260 g/mol. The van der Waals surface area contributed by atoms with Gasteiger partial charge in [0.15, 0.2) is 0 Å². The van der Waals surface area contributed by atoms with E-state index in [-0.39, 0.29) is 6.61 Å². The first-order chi connectivity index (χ1) is 8.54. The number of hydrogen-bond acceptors (Lipinski definition) is 2. The Labute approximate surface area is 108 Å². The molecule has 0 fully saturated rings. The summed E-state index contributed by atoms with van der Waals surface area (Å²) in [5.41, 5.74) is 6.40. The molecule has 0 aliphatic carbocycles. The zero-order valence-corrected chi connectivity index (χ0v) is 10.0. The fraction of sp³-hybridized carbons (Fsp3) is 0.0769. The van der Waals surface area contributed by atoms with Crippen molar-refractivity contribution in [2.75, 3.05) is 5.73 Å². The van der Waals surface area contributed by atoms with E-state index >= 15 is 0 Å². The topological polar surface area (TPSA) is 35.2 Å². The Bertz CT molecular complexity index is 555. The SMILES string of the molecule is Nc1cc(OCc2cc(F)cc(F)c2)ccc1Cl. The molecule has 0 bridgehead atoms. The van der Waals surface area contributed by atoms with Crippen LogP contribution in [0.1, 0.15) is 5.56 Å². The van der Waals surface area contributed by atoms with Gasteiger partial charge in [-0.15, -0.1) is 0 Å². The van der Waals surface area contributed by atoms with Crippen molar-refractivity contribution in [1.29, 1.82) is 0 Å². The van der Waals surface area contributed by atoms with Crippen molar-refractivity contribution in [3.8, 4) is 5.75 Å². The molecule has 0 radical (unpaired) electrons. The van der Waals surface area contributed by atoms with E-state index in [4.69, 9.17) is 22.1 Å². The lowest BCUT2D eigenvalue weighted by atomic mass is 10.2. The second-order valence-corrected chi connectivity index (χ2v) is 4.16. The molecule has 2 aromatic carbocycles. The molecule has 94 valence electrons. The molecule has 0 unspecified atom stereocenters. The molecule has 2 rings (SSSR count). The minimum atomic E-state index is -0.635. The maximum Gasteiger partial charge on any atom is 0.126 e. The highest BCUT2D eigenvalue weighted by atomic mass is 35.5. The van der Waals surface area contributed by atoms with Gasteiger partial charge in [-0.25, -0.2) is 8.78 Å². The fourth-order valence-electron chi connectivity index (χ4n) is 1.47. The summed E-state index contributed by atoms with van der Waals surface area (Å²) in [7, 11) is 0. The number of anilines is 1. The second kappa shape index (κ2) is 5.23. The van der Waals surface area contributed by atoms with Gasteiger partial charge in [0.1, 0.15) is 24.0 Å². The maximum absolute atomic E-state index is 12.9. The molecule has 0 saturated carbocycles. The Morgan fingerprint density at radius 2 is 1.72 bits per heavy atom. The van der Waals surface area contributed by atoms with Crippen molar-refractivity contribution < 1.29 is 13.5 Å². The Balaban J connectivity index is 2.08. The molecule has 5 heteroatoms. The molecule has 2 nitrogen and oxygen atoms in total. The molecule has 0 aromatic heterocycles. The Morgan fingerprint density at radius 3 is 2.33 bits per heavy atom. The predicted molar refractivity (Wildman–Crippen MR) is 66.6 cm³/mol. The van der Waals surface area contributed by atoms with Gasteiger partial charge < -0.3 is 10.5 Å². The second-order valence-electron chi connectivity index (χ2n) is 3.75. The van der Waals surface area contributed by atoms with Crippen molar-refractivity contribution in [2.45, 2.75) is 6.61 Å². The maximum atomic E-state index is 12.9. The Morgan fingerprint density at radius 1 is 1.06 bits per heavy atom. The van der Waals surface area contributed by atoms with Gasteiger partial charge in [-0.1, -0.05) is 11.6 Å². The molecule has 0 amide bonds. The van der Waals surface area contributed by atoms with E-state index in [0.29, 0.717) is 22.0 Å². The van der Waals surface area contributed by atoms with Gasteiger partial charge in [0.2, 0.25) is 0 Å². The van der Waals surface area contributed by atoms with Crippen LogP contribution in [-0.2, 0) is 6.61 Å². The van der Waals surface area contributed by atoms with Crippen LogP contribution in [0.15, 0.2) is 36.4 Å². The zero-order chi connectivity index (χ0) is 13.1. The summed E-state index contributed by atoms with van der Waals surface area (Å²) in [6.45, 7) is 0.0513. The smallest absolute Gasteiger partial charge is 0.126 e. The highest BCUT2D eigenvalue weighted by Crippen LogP contribution is 2.24. The molecule has 0 heterocycles. The van der Waals surface area contributed by atoms with Crippen LogP contribution < -0.4 is 10.5 Å². The average Bonchev–Trinajstić information content (AvgIpc) is 2.29. The van der Waals surface area contributed by atoms with E-state index in [1.807, 2.05) is 0 Å². The molecule has 0 saturated heterocycles. The highest BCUT2D eigenvalue weighted by molar-refractivity contribution is 6.33. The van der Waals surface area contributed by atoms with Crippen molar-refractivity contribution in [1.82, 2.24) is 0 Å². The van der Waals surface area contributed by atoms with Gasteiger partial charge in [0.25, 0.3) is 0 Å². The third-order valence-corrected chi connectivity index (χ3v) is 2.64. The molecule has 18 heavy (non-hydrogen) atoms. The summed E-state index contributed by atoms with van der Waals surface area (Å²) in [5.74, 6) is -0.782. The van der Waals surface area contributed by atoms with E-state index < -0.39 is 11.6 Å². The molecule has 0 atom stereocenters. The van der Waals surface area contributed by atoms with Crippen molar-refractivity contribution in [2.24, 2.45) is 0 Å².